The highest BCUT2D eigenvalue weighted by molar-refractivity contribution is 6.30. The van der Waals surface area contributed by atoms with E-state index in [2.05, 4.69) is 10.4 Å². The molecule has 1 aromatic rings. The van der Waals surface area contributed by atoms with E-state index in [9.17, 15) is 0 Å². The van der Waals surface area contributed by atoms with Gasteiger partial charge in [-0.2, -0.15) is 0 Å². The highest BCUT2D eigenvalue weighted by Crippen LogP contribution is 2.36. The highest BCUT2D eigenvalue weighted by Gasteiger charge is 2.27. The fourth-order valence-electron chi connectivity index (χ4n) is 2.01. The predicted octanol–water partition coefficient (Wildman–Crippen LogP) is 1.52. The van der Waals surface area contributed by atoms with E-state index >= 15 is 0 Å². The van der Waals surface area contributed by atoms with Crippen LogP contribution in [0.2, 0.25) is 5.02 Å². The number of halogens is 1. The first-order valence-corrected chi connectivity index (χ1v) is 6.10. The monoisotopic (exact) mass is 272 g/mol. The van der Waals surface area contributed by atoms with Gasteiger partial charge in [-0.25, -0.2) is 5.48 Å². The topological polar surface area (TPSA) is 54.0 Å². The van der Waals surface area contributed by atoms with Crippen molar-refractivity contribution in [2.24, 2.45) is 0 Å². The van der Waals surface area contributed by atoms with Crippen LogP contribution in [0.1, 0.15) is 5.56 Å². The Morgan fingerprint density at radius 1 is 1.50 bits per heavy atom. The predicted molar refractivity (Wildman–Crippen MR) is 68.5 cm³/mol. The van der Waals surface area contributed by atoms with Crippen molar-refractivity contribution in [1.29, 1.82) is 0 Å². The second-order valence-corrected chi connectivity index (χ2v) is 4.83. The lowest BCUT2D eigenvalue weighted by atomic mass is 10.1. The van der Waals surface area contributed by atoms with Crippen LogP contribution in [-0.4, -0.2) is 43.5 Å². The summed E-state index contributed by atoms with van der Waals surface area (Å²) in [7, 11) is 3.61. The summed E-state index contributed by atoms with van der Waals surface area (Å²) in [6, 6.07) is 3.46. The fourth-order valence-corrected chi connectivity index (χ4v) is 2.24. The average Bonchev–Trinajstić information content (AvgIpc) is 2.30. The van der Waals surface area contributed by atoms with E-state index in [-0.39, 0.29) is 12.6 Å². The lowest BCUT2D eigenvalue weighted by Crippen LogP contribution is -2.51. The summed E-state index contributed by atoms with van der Waals surface area (Å²) >= 11 is 5.99. The third-order valence-corrected chi connectivity index (χ3v) is 3.12. The molecular weight excluding hydrogens is 256 g/mol. The van der Waals surface area contributed by atoms with Crippen LogP contribution in [0.15, 0.2) is 12.1 Å². The molecule has 5 nitrogen and oxygen atoms in total. The Hall–Kier alpha value is -1.01. The maximum absolute atomic E-state index is 8.85. The zero-order valence-electron chi connectivity index (χ0n) is 10.4. The molecule has 6 heteroatoms. The number of benzene rings is 1. The SMILES string of the molecule is COc1cc(Cl)cc(CNO)c1OC1CN(C)C1. The molecule has 0 spiro atoms. The van der Waals surface area contributed by atoms with Gasteiger partial charge in [-0.3, -0.25) is 4.90 Å². The van der Waals surface area contributed by atoms with Crippen molar-refractivity contribution in [2.45, 2.75) is 12.6 Å². The first-order chi connectivity index (χ1) is 8.63. The van der Waals surface area contributed by atoms with E-state index in [1.165, 1.54) is 0 Å². The summed E-state index contributed by atoms with van der Waals surface area (Å²) in [6.07, 6.45) is 0.155. The zero-order chi connectivity index (χ0) is 13.1. The molecule has 0 bridgehead atoms. The third kappa shape index (κ3) is 2.87. The summed E-state index contributed by atoms with van der Waals surface area (Å²) in [5, 5.41) is 9.40. The number of nitrogens with zero attached hydrogens (tertiary/aromatic N) is 1. The number of likely N-dealkylation sites (tertiary alicyclic amines) is 1. The molecule has 0 atom stereocenters. The number of hydrogen-bond donors (Lipinski definition) is 2. The van der Waals surface area contributed by atoms with Gasteiger partial charge in [0.25, 0.3) is 0 Å². The Morgan fingerprint density at radius 2 is 2.22 bits per heavy atom. The molecular formula is C12H17ClN2O3. The van der Waals surface area contributed by atoms with Gasteiger partial charge in [-0.05, 0) is 13.1 Å². The molecule has 0 aliphatic carbocycles. The Balaban J connectivity index is 2.23. The van der Waals surface area contributed by atoms with Crippen molar-refractivity contribution in [3.05, 3.63) is 22.7 Å². The first-order valence-electron chi connectivity index (χ1n) is 5.72. The molecule has 18 heavy (non-hydrogen) atoms. The van der Waals surface area contributed by atoms with E-state index in [0.29, 0.717) is 16.5 Å². The summed E-state index contributed by atoms with van der Waals surface area (Å²) < 4.78 is 11.2. The Morgan fingerprint density at radius 3 is 2.78 bits per heavy atom. The number of ether oxygens (including phenoxy) is 2. The van der Waals surface area contributed by atoms with Gasteiger partial charge in [0.15, 0.2) is 11.5 Å². The molecule has 1 fully saturated rings. The van der Waals surface area contributed by atoms with Crippen LogP contribution in [0.5, 0.6) is 11.5 Å². The Kier molecular flexibility index (Phi) is 4.29. The molecule has 1 aliphatic heterocycles. The van der Waals surface area contributed by atoms with Gasteiger partial charge in [-0.1, -0.05) is 11.6 Å². The smallest absolute Gasteiger partial charge is 0.166 e. The van der Waals surface area contributed by atoms with Gasteiger partial charge in [-0.15, -0.1) is 0 Å². The Bertz CT molecular complexity index is 422. The lowest BCUT2D eigenvalue weighted by molar-refractivity contribution is 0.0355. The van der Waals surface area contributed by atoms with Crippen LogP contribution in [0.25, 0.3) is 0 Å². The molecule has 1 heterocycles. The second-order valence-electron chi connectivity index (χ2n) is 4.39. The lowest BCUT2D eigenvalue weighted by Gasteiger charge is -2.36. The van der Waals surface area contributed by atoms with E-state index in [0.717, 1.165) is 18.7 Å². The third-order valence-electron chi connectivity index (χ3n) is 2.90. The molecule has 1 saturated heterocycles. The zero-order valence-corrected chi connectivity index (χ0v) is 11.2. The van der Waals surface area contributed by atoms with Crippen LogP contribution in [0.4, 0.5) is 0 Å². The standard InChI is InChI=1S/C12H17ClN2O3/c1-15-6-10(7-15)18-12-8(5-14-16)3-9(13)4-11(12)17-2/h3-4,10,14,16H,5-7H2,1-2H3. The van der Waals surface area contributed by atoms with Crippen molar-refractivity contribution in [2.75, 3.05) is 27.2 Å². The van der Waals surface area contributed by atoms with E-state index in [4.69, 9.17) is 26.3 Å². The molecule has 100 valence electrons. The van der Waals surface area contributed by atoms with E-state index < -0.39 is 0 Å². The van der Waals surface area contributed by atoms with Crippen LogP contribution in [0.3, 0.4) is 0 Å². The number of hydrogen-bond acceptors (Lipinski definition) is 5. The van der Waals surface area contributed by atoms with Gasteiger partial charge < -0.3 is 14.7 Å². The molecule has 0 radical (unpaired) electrons. The fraction of sp³-hybridized carbons (Fsp3) is 0.500. The minimum absolute atomic E-state index is 0.155. The number of rotatable bonds is 5. The molecule has 0 saturated carbocycles. The number of likely N-dealkylation sites (N-methyl/N-ethyl adjacent to an activating group) is 1. The summed E-state index contributed by atoms with van der Waals surface area (Å²) in [4.78, 5) is 2.16. The number of nitrogens with one attached hydrogen (secondary N) is 1. The number of hydroxylamine groups is 1. The Labute approximate surface area is 111 Å². The van der Waals surface area contributed by atoms with Crippen LogP contribution >= 0.6 is 11.6 Å². The second kappa shape index (κ2) is 5.75. The van der Waals surface area contributed by atoms with Crippen LogP contribution in [0, 0.1) is 0 Å². The maximum Gasteiger partial charge on any atom is 0.166 e. The van der Waals surface area contributed by atoms with Gasteiger partial charge in [0.1, 0.15) is 6.10 Å². The van der Waals surface area contributed by atoms with Crippen molar-refractivity contribution < 1.29 is 14.7 Å². The van der Waals surface area contributed by atoms with Crippen LogP contribution in [-0.2, 0) is 6.54 Å². The average molecular weight is 273 g/mol. The van der Waals surface area contributed by atoms with Crippen molar-refractivity contribution in [1.82, 2.24) is 10.4 Å². The van der Waals surface area contributed by atoms with Crippen molar-refractivity contribution >= 4 is 11.6 Å². The summed E-state index contributed by atoms with van der Waals surface area (Å²) in [6.45, 7) is 2.03. The summed E-state index contributed by atoms with van der Waals surface area (Å²) in [5.74, 6) is 1.23. The first kappa shape index (κ1) is 13.4. The molecule has 2 rings (SSSR count). The van der Waals surface area contributed by atoms with Crippen LogP contribution < -0.4 is 15.0 Å². The number of methoxy groups -OCH3 is 1. The van der Waals surface area contributed by atoms with Gasteiger partial charge in [0, 0.05) is 36.3 Å². The van der Waals surface area contributed by atoms with Gasteiger partial charge in [0.05, 0.1) is 7.11 Å². The van der Waals surface area contributed by atoms with Crippen molar-refractivity contribution in [3.8, 4) is 11.5 Å². The maximum atomic E-state index is 8.85. The quantitative estimate of drug-likeness (QED) is 0.796. The normalized spacial score (nSPS) is 16.4. The van der Waals surface area contributed by atoms with E-state index in [1.54, 1.807) is 19.2 Å². The molecule has 1 aliphatic rings. The molecule has 1 aromatic carbocycles. The molecule has 0 amide bonds. The molecule has 0 unspecified atom stereocenters. The van der Waals surface area contributed by atoms with Gasteiger partial charge >= 0.3 is 0 Å². The minimum Gasteiger partial charge on any atom is -0.493 e. The molecule has 0 aromatic heterocycles. The highest BCUT2D eigenvalue weighted by atomic mass is 35.5. The molecule has 2 N–H and O–H groups in total. The summed E-state index contributed by atoms with van der Waals surface area (Å²) in [5.41, 5.74) is 2.89. The van der Waals surface area contributed by atoms with E-state index in [1.807, 2.05) is 7.05 Å². The minimum atomic E-state index is 0.155. The van der Waals surface area contributed by atoms with Gasteiger partial charge in [0.2, 0.25) is 0 Å². The largest absolute Gasteiger partial charge is 0.493 e. The van der Waals surface area contributed by atoms with Crippen molar-refractivity contribution in [3.63, 3.8) is 0 Å².